The van der Waals surface area contributed by atoms with Crippen molar-refractivity contribution in [2.24, 2.45) is 10.7 Å². The van der Waals surface area contributed by atoms with Crippen LogP contribution in [0.5, 0.6) is 0 Å². The molecule has 0 aliphatic carbocycles. The molecule has 2 nitrogen and oxygen atoms in total. The number of nitrogens with two attached hydrogens (primary N) is 1. The number of aryl methyl sites for hydroxylation is 1. The quantitative estimate of drug-likeness (QED) is 0.608. The summed E-state index contributed by atoms with van der Waals surface area (Å²) in [4.78, 5) is 5.42. The molecule has 2 N–H and O–H groups in total. The lowest BCUT2D eigenvalue weighted by atomic mass is 10.3. The Morgan fingerprint density at radius 2 is 1.93 bits per heavy atom. The van der Waals surface area contributed by atoms with E-state index in [0.717, 1.165) is 10.6 Å². The van der Waals surface area contributed by atoms with E-state index in [1.54, 1.807) is 11.3 Å². The van der Waals surface area contributed by atoms with Crippen LogP contribution < -0.4 is 5.73 Å². The first-order valence-corrected chi connectivity index (χ1v) is 5.59. The highest BCUT2D eigenvalue weighted by Gasteiger charge is 2.03. The van der Waals surface area contributed by atoms with Crippen molar-refractivity contribution in [3.8, 4) is 0 Å². The zero-order valence-corrected chi connectivity index (χ0v) is 9.29. The topological polar surface area (TPSA) is 38.4 Å². The standard InChI is InChI=1S/C12H12N2S/c1-9-7-8-15-11(9)12(13)14-10-5-3-2-4-6-10/h2-8H,1H3,(H2,13,14). The van der Waals surface area contributed by atoms with Crippen LogP contribution in [-0.4, -0.2) is 5.84 Å². The molecule has 0 amide bonds. The second-order valence-electron chi connectivity index (χ2n) is 3.27. The lowest BCUT2D eigenvalue weighted by molar-refractivity contribution is 1.44. The minimum absolute atomic E-state index is 0.591. The number of hydrogen-bond acceptors (Lipinski definition) is 2. The van der Waals surface area contributed by atoms with E-state index in [-0.39, 0.29) is 0 Å². The number of aliphatic imine (C=N–C) groups is 1. The second-order valence-corrected chi connectivity index (χ2v) is 4.18. The SMILES string of the molecule is Cc1ccsc1C(N)=Nc1ccccc1. The van der Waals surface area contributed by atoms with Gasteiger partial charge in [-0.05, 0) is 36.1 Å². The smallest absolute Gasteiger partial charge is 0.141 e. The maximum atomic E-state index is 5.93. The third kappa shape index (κ3) is 2.25. The molecule has 0 fully saturated rings. The summed E-state index contributed by atoms with van der Waals surface area (Å²) in [7, 11) is 0. The summed E-state index contributed by atoms with van der Waals surface area (Å²) in [5.74, 6) is 0.591. The first-order chi connectivity index (χ1) is 7.27. The normalized spacial score (nSPS) is 11.7. The molecule has 3 heteroatoms. The van der Waals surface area contributed by atoms with Crippen LogP contribution in [0, 0.1) is 6.92 Å². The van der Waals surface area contributed by atoms with E-state index in [1.165, 1.54) is 5.56 Å². The lowest BCUT2D eigenvalue weighted by Crippen LogP contribution is -2.11. The van der Waals surface area contributed by atoms with Crippen molar-refractivity contribution in [3.63, 3.8) is 0 Å². The molecule has 0 saturated heterocycles. The number of amidine groups is 1. The largest absolute Gasteiger partial charge is 0.382 e. The first-order valence-electron chi connectivity index (χ1n) is 4.71. The van der Waals surface area contributed by atoms with Gasteiger partial charge < -0.3 is 5.73 Å². The molecule has 1 heterocycles. The molecule has 0 bridgehead atoms. The van der Waals surface area contributed by atoms with E-state index in [4.69, 9.17) is 5.73 Å². The summed E-state index contributed by atoms with van der Waals surface area (Å²) >= 11 is 1.62. The number of hydrogen-bond donors (Lipinski definition) is 1. The van der Waals surface area contributed by atoms with Gasteiger partial charge in [0.2, 0.25) is 0 Å². The molecule has 1 aromatic heterocycles. The van der Waals surface area contributed by atoms with Gasteiger partial charge in [0.25, 0.3) is 0 Å². The minimum Gasteiger partial charge on any atom is -0.382 e. The summed E-state index contributed by atoms with van der Waals surface area (Å²) in [6.45, 7) is 2.04. The first kappa shape index (κ1) is 9.93. The Morgan fingerprint density at radius 1 is 1.20 bits per heavy atom. The molecular formula is C12H12N2S. The minimum atomic E-state index is 0.591. The van der Waals surface area contributed by atoms with Crippen molar-refractivity contribution in [1.82, 2.24) is 0 Å². The Bertz CT molecular complexity index is 471. The maximum absolute atomic E-state index is 5.93. The predicted octanol–water partition coefficient (Wildman–Crippen LogP) is 3.09. The van der Waals surface area contributed by atoms with Crippen LogP contribution in [0.25, 0.3) is 0 Å². The summed E-state index contributed by atoms with van der Waals surface area (Å²) < 4.78 is 0. The van der Waals surface area contributed by atoms with E-state index in [2.05, 4.69) is 4.99 Å². The summed E-state index contributed by atoms with van der Waals surface area (Å²) in [5, 5.41) is 2.03. The summed E-state index contributed by atoms with van der Waals surface area (Å²) in [5.41, 5.74) is 8.00. The molecule has 0 saturated carbocycles. The van der Waals surface area contributed by atoms with Gasteiger partial charge in [0, 0.05) is 0 Å². The molecule has 2 aromatic rings. The summed E-state index contributed by atoms with van der Waals surface area (Å²) in [6.07, 6.45) is 0. The van der Waals surface area contributed by atoms with Crippen LogP contribution >= 0.6 is 11.3 Å². The van der Waals surface area contributed by atoms with E-state index in [1.807, 2.05) is 48.7 Å². The Hall–Kier alpha value is -1.61. The van der Waals surface area contributed by atoms with Gasteiger partial charge in [0.1, 0.15) is 5.84 Å². The zero-order valence-electron chi connectivity index (χ0n) is 8.47. The monoisotopic (exact) mass is 216 g/mol. The Balaban J connectivity index is 2.33. The van der Waals surface area contributed by atoms with E-state index in [9.17, 15) is 0 Å². The van der Waals surface area contributed by atoms with Gasteiger partial charge in [-0.1, -0.05) is 18.2 Å². The fraction of sp³-hybridized carbons (Fsp3) is 0.0833. The lowest BCUT2D eigenvalue weighted by Gasteiger charge is -1.99. The molecule has 0 radical (unpaired) electrons. The fourth-order valence-electron chi connectivity index (χ4n) is 1.33. The summed E-state index contributed by atoms with van der Waals surface area (Å²) in [6, 6.07) is 11.8. The highest BCUT2D eigenvalue weighted by Crippen LogP contribution is 2.17. The predicted molar refractivity (Wildman–Crippen MR) is 65.9 cm³/mol. The maximum Gasteiger partial charge on any atom is 0.141 e. The highest BCUT2D eigenvalue weighted by atomic mass is 32.1. The second kappa shape index (κ2) is 4.28. The molecule has 0 unspecified atom stereocenters. The van der Waals surface area contributed by atoms with Crippen molar-refractivity contribution in [3.05, 3.63) is 52.2 Å². The third-order valence-corrected chi connectivity index (χ3v) is 3.14. The van der Waals surface area contributed by atoms with Crippen molar-refractivity contribution in [2.75, 3.05) is 0 Å². The number of rotatable bonds is 2. The zero-order chi connectivity index (χ0) is 10.7. The Kier molecular flexibility index (Phi) is 2.83. The van der Waals surface area contributed by atoms with Gasteiger partial charge in [-0.25, -0.2) is 4.99 Å². The van der Waals surface area contributed by atoms with E-state index >= 15 is 0 Å². The van der Waals surface area contributed by atoms with Gasteiger partial charge >= 0.3 is 0 Å². The van der Waals surface area contributed by atoms with Crippen LogP contribution in [0.3, 0.4) is 0 Å². The fourth-order valence-corrected chi connectivity index (χ4v) is 2.16. The van der Waals surface area contributed by atoms with Crippen LogP contribution in [0.15, 0.2) is 46.8 Å². The molecule has 76 valence electrons. The van der Waals surface area contributed by atoms with Gasteiger partial charge in [0.15, 0.2) is 0 Å². The van der Waals surface area contributed by atoms with Crippen LogP contribution in [0.1, 0.15) is 10.4 Å². The molecule has 0 aliphatic heterocycles. The number of nitrogens with zero attached hydrogens (tertiary/aromatic N) is 1. The number of thiophene rings is 1. The highest BCUT2D eigenvalue weighted by molar-refractivity contribution is 7.12. The molecule has 2 rings (SSSR count). The average Bonchev–Trinajstić information content (AvgIpc) is 2.66. The third-order valence-electron chi connectivity index (χ3n) is 2.10. The van der Waals surface area contributed by atoms with Gasteiger partial charge in [-0.2, -0.15) is 0 Å². The van der Waals surface area contributed by atoms with E-state index in [0.29, 0.717) is 5.84 Å². The molecule has 0 atom stereocenters. The average molecular weight is 216 g/mol. The number of benzene rings is 1. The van der Waals surface area contributed by atoms with Crippen molar-refractivity contribution in [1.29, 1.82) is 0 Å². The molecular weight excluding hydrogens is 204 g/mol. The molecule has 15 heavy (non-hydrogen) atoms. The molecule has 1 aromatic carbocycles. The van der Waals surface area contributed by atoms with Crippen molar-refractivity contribution in [2.45, 2.75) is 6.92 Å². The van der Waals surface area contributed by atoms with Crippen LogP contribution in [-0.2, 0) is 0 Å². The van der Waals surface area contributed by atoms with Crippen LogP contribution in [0.2, 0.25) is 0 Å². The van der Waals surface area contributed by atoms with E-state index < -0.39 is 0 Å². The Labute approximate surface area is 93.1 Å². The molecule has 0 aliphatic rings. The van der Waals surface area contributed by atoms with Gasteiger partial charge in [-0.3, -0.25) is 0 Å². The molecule has 0 spiro atoms. The van der Waals surface area contributed by atoms with Crippen molar-refractivity contribution < 1.29 is 0 Å². The van der Waals surface area contributed by atoms with Crippen LogP contribution in [0.4, 0.5) is 5.69 Å². The van der Waals surface area contributed by atoms with Gasteiger partial charge in [0.05, 0.1) is 10.6 Å². The Morgan fingerprint density at radius 3 is 2.53 bits per heavy atom. The van der Waals surface area contributed by atoms with Crippen molar-refractivity contribution >= 4 is 22.9 Å². The van der Waals surface area contributed by atoms with Gasteiger partial charge in [-0.15, -0.1) is 11.3 Å². The number of para-hydroxylation sites is 1.